The molecule has 2 aromatic rings. The zero-order valence-corrected chi connectivity index (χ0v) is 17.3. The molecule has 0 aliphatic rings. The van der Waals surface area contributed by atoms with Crippen molar-refractivity contribution in [1.29, 1.82) is 0 Å². The van der Waals surface area contributed by atoms with Gasteiger partial charge in [-0.3, -0.25) is 0 Å². The van der Waals surface area contributed by atoms with E-state index in [1.807, 2.05) is 30.0 Å². The van der Waals surface area contributed by atoms with Gasteiger partial charge in [-0.15, -0.1) is 11.8 Å². The minimum atomic E-state index is -0.321. The second-order valence-electron chi connectivity index (χ2n) is 6.33. The quantitative estimate of drug-likeness (QED) is 0.494. The van der Waals surface area contributed by atoms with Crippen LogP contribution in [0.15, 0.2) is 47.4 Å². The third-order valence-electron chi connectivity index (χ3n) is 4.44. The van der Waals surface area contributed by atoms with Crippen LogP contribution in [0.4, 0.5) is 0 Å². The van der Waals surface area contributed by atoms with Crippen LogP contribution < -0.4 is 5.19 Å². The van der Waals surface area contributed by atoms with E-state index in [-0.39, 0.29) is 9.52 Å². The molecule has 0 saturated carbocycles. The molecule has 1 nitrogen and oxygen atoms in total. The SMILES string of the molecule is CCCCc1cccc([SiH2]CSc2ccccc2O)c1CCCC. The third kappa shape index (κ3) is 5.71. The van der Waals surface area contributed by atoms with E-state index >= 15 is 0 Å². The molecule has 2 aromatic carbocycles. The molecular weight excluding hydrogens is 328 g/mol. The first kappa shape index (κ1) is 19.1. The van der Waals surface area contributed by atoms with Crippen LogP contribution >= 0.6 is 11.8 Å². The van der Waals surface area contributed by atoms with Gasteiger partial charge in [0, 0.05) is 4.90 Å². The first-order valence-corrected chi connectivity index (χ1v) is 12.0. The smallest absolute Gasteiger partial charge is 0.129 e. The summed E-state index contributed by atoms with van der Waals surface area (Å²) < 4.78 is 0. The van der Waals surface area contributed by atoms with Crippen molar-refractivity contribution < 1.29 is 5.11 Å². The van der Waals surface area contributed by atoms with Crippen molar-refractivity contribution in [3.63, 3.8) is 0 Å². The first-order valence-electron chi connectivity index (χ1n) is 9.26. The van der Waals surface area contributed by atoms with E-state index in [0.717, 1.165) is 10.3 Å². The van der Waals surface area contributed by atoms with Gasteiger partial charge in [0.2, 0.25) is 0 Å². The number of aromatic hydroxyl groups is 1. The Kier molecular flexibility index (Phi) is 8.47. The molecule has 0 heterocycles. The molecule has 2 rings (SSSR count). The number of phenolic OH excluding ortho intramolecular Hbond substituents is 1. The molecule has 0 saturated heterocycles. The minimum absolute atomic E-state index is 0.321. The molecule has 0 aliphatic carbocycles. The molecule has 1 N–H and O–H groups in total. The summed E-state index contributed by atoms with van der Waals surface area (Å²) in [6.07, 6.45) is 7.56. The van der Waals surface area contributed by atoms with Crippen LogP contribution in [0.1, 0.15) is 50.7 Å². The summed E-state index contributed by atoms with van der Waals surface area (Å²) in [5, 5.41) is 12.7. The van der Waals surface area contributed by atoms with Crippen LogP contribution in [-0.2, 0) is 12.8 Å². The standard InChI is InChI=1S/C21H30OSSi/c1-3-5-10-17-11-9-15-21(18(17)12-6-4-2)24-16-23-20-14-8-7-13-19(20)22/h7-9,11,13-15,22H,3-6,10,12,16,24H2,1-2H3. The number of phenols is 1. The maximum Gasteiger partial charge on any atom is 0.129 e. The molecular formula is C21H30OSSi. The number of aryl methyl sites for hydroxylation is 1. The summed E-state index contributed by atoms with van der Waals surface area (Å²) in [4.78, 5) is 1.02. The number of hydrogen-bond acceptors (Lipinski definition) is 2. The lowest BCUT2D eigenvalue weighted by Crippen LogP contribution is -2.23. The molecule has 0 aliphatic heterocycles. The largest absolute Gasteiger partial charge is 0.507 e. The van der Waals surface area contributed by atoms with Crippen molar-refractivity contribution in [1.82, 2.24) is 0 Å². The van der Waals surface area contributed by atoms with Crippen molar-refractivity contribution in [3.8, 4) is 5.75 Å². The van der Waals surface area contributed by atoms with Gasteiger partial charge < -0.3 is 5.11 Å². The van der Waals surface area contributed by atoms with Crippen LogP contribution in [0.2, 0.25) is 0 Å². The zero-order chi connectivity index (χ0) is 17.2. The summed E-state index contributed by atoms with van der Waals surface area (Å²) in [5.41, 5.74) is 3.24. The normalized spacial score (nSPS) is 11.4. The first-order chi connectivity index (χ1) is 11.8. The molecule has 24 heavy (non-hydrogen) atoms. The van der Waals surface area contributed by atoms with Crippen molar-refractivity contribution in [2.24, 2.45) is 0 Å². The second kappa shape index (κ2) is 10.6. The van der Waals surface area contributed by atoms with Gasteiger partial charge in [-0.2, -0.15) is 0 Å². The predicted octanol–water partition coefficient (Wildman–Crippen LogP) is 4.62. The molecule has 0 bridgehead atoms. The van der Waals surface area contributed by atoms with E-state index in [4.69, 9.17) is 0 Å². The molecule has 0 aromatic heterocycles. The zero-order valence-electron chi connectivity index (χ0n) is 15.1. The van der Waals surface area contributed by atoms with Gasteiger partial charge in [-0.05, 0) is 54.3 Å². The summed E-state index contributed by atoms with van der Waals surface area (Å²) in [6, 6.07) is 14.6. The third-order valence-corrected chi connectivity index (χ3v) is 7.93. The van der Waals surface area contributed by atoms with E-state index in [9.17, 15) is 5.11 Å². The maximum atomic E-state index is 9.91. The number of para-hydroxylation sites is 1. The monoisotopic (exact) mass is 358 g/mol. The maximum absolute atomic E-state index is 9.91. The molecule has 130 valence electrons. The highest BCUT2D eigenvalue weighted by Gasteiger charge is 2.09. The van der Waals surface area contributed by atoms with Crippen LogP contribution in [0.3, 0.4) is 0 Å². The predicted molar refractivity (Wildman–Crippen MR) is 111 cm³/mol. The van der Waals surface area contributed by atoms with E-state index < -0.39 is 0 Å². The van der Waals surface area contributed by atoms with Crippen molar-refractivity contribution in [2.75, 3.05) is 5.38 Å². The second-order valence-corrected chi connectivity index (χ2v) is 9.95. The van der Waals surface area contributed by atoms with Gasteiger partial charge in [0.15, 0.2) is 0 Å². The summed E-state index contributed by atoms with van der Waals surface area (Å²) in [5.74, 6) is 0.416. The number of benzene rings is 2. The van der Waals surface area contributed by atoms with E-state index in [1.165, 1.54) is 38.5 Å². The van der Waals surface area contributed by atoms with Gasteiger partial charge in [0.25, 0.3) is 0 Å². The average molecular weight is 359 g/mol. The Labute approximate surface area is 153 Å². The van der Waals surface area contributed by atoms with Crippen LogP contribution in [0.5, 0.6) is 5.75 Å². The fourth-order valence-electron chi connectivity index (χ4n) is 3.05. The number of hydrogen-bond donors (Lipinski definition) is 1. The Hall–Kier alpha value is -1.19. The highest BCUT2D eigenvalue weighted by atomic mass is 32.2. The molecule has 0 radical (unpaired) electrons. The van der Waals surface area contributed by atoms with Crippen molar-refractivity contribution in [3.05, 3.63) is 53.6 Å². The lowest BCUT2D eigenvalue weighted by atomic mass is 9.98. The average Bonchev–Trinajstić information content (AvgIpc) is 2.60. The van der Waals surface area contributed by atoms with E-state index in [1.54, 1.807) is 22.4 Å². The Bertz CT molecular complexity index is 627. The van der Waals surface area contributed by atoms with Gasteiger partial charge >= 0.3 is 0 Å². The lowest BCUT2D eigenvalue weighted by molar-refractivity contribution is 0.462. The topological polar surface area (TPSA) is 20.2 Å². The lowest BCUT2D eigenvalue weighted by Gasteiger charge is -2.15. The van der Waals surface area contributed by atoms with Crippen LogP contribution in [-0.4, -0.2) is 20.0 Å². The van der Waals surface area contributed by atoms with Crippen LogP contribution in [0.25, 0.3) is 0 Å². The number of rotatable bonds is 10. The molecule has 0 unspecified atom stereocenters. The molecule has 0 amide bonds. The molecule has 0 spiro atoms. The fourth-order valence-corrected chi connectivity index (χ4v) is 6.61. The highest BCUT2D eigenvalue weighted by molar-refractivity contribution is 8.00. The summed E-state index contributed by atoms with van der Waals surface area (Å²) >= 11 is 1.81. The minimum Gasteiger partial charge on any atom is -0.507 e. The van der Waals surface area contributed by atoms with Crippen molar-refractivity contribution >= 4 is 26.5 Å². The molecule has 3 heteroatoms. The highest BCUT2D eigenvalue weighted by Crippen LogP contribution is 2.27. The van der Waals surface area contributed by atoms with E-state index in [2.05, 4.69) is 32.0 Å². The number of thioether (sulfide) groups is 1. The summed E-state index contributed by atoms with van der Waals surface area (Å²) in [7, 11) is -0.321. The van der Waals surface area contributed by atoms with Gasteiger partial charge in [-0.25, -0.2) is 0 Å². The van der Waals surface area contributed by atoms with Crippen molar-refractivity contribution in [2.45, 2.75) is 57.3 Å². The van der Waals surface area contributed by atoms with E-state index in [0.29, 0.717) is 5.75 Å². The Morgan fingerprint density at radius 2 is 1.67 bits per heavy atom. The summed E-state index contributed by atoms with van der Waals surface area (Å²) in [6.45, 7) is 4.55. The van der Waals surface area contributed by atoms with Gasteiger partial charge in [-0.1, -0.05) is 62.2 Å². The van der Waals surface area contributed by atoms with Gasteiger partial charge in [0.05, 0.1) is 9.52 Å². The Morgan fingerprint density at radius 3 is 2.42 bits per heavy atom. The van der Waals surface area contributed by atoms with Gasteiger partial charge in [0.1, 0.15) is 5.75 Å². The fraction of sp³-hybridized carbons (Fsp3) is 0.429. The number of unbranched alkanes of at least 4 members (excludes halogenated alkanes) is 2. The molecule has 0 atom stereocenters. The van der Waals surface area contributed by atoms with Crippen LogP contribution in [0, 0.1) is 0 Å². The Balaban J connectivity index is 2.06. The Morgan fingerprint density at radius 1 is 0.917 bits per heavy atom. The molecule has 0 fully saturated rings.